The normalized spacial score (nSPS) is 9.18. The number of rotatable bonds is 2. The van der Waals surface area contributed by atoms with Gasteiger partial charge in [0, 0.05) is 6.20 Å². The lowest BCUT2D eigenvalue weighted by Crippen LogP contribution is -1.92. The van der Waals surface area contributed by atoms with Crippen LogP contribution in [0.5, 0.6) is 0 Å². The Kier molecular flexibility index (Phi) is 2.11. The number of hydrogen-bond donors (Lipinski definition) is 0. The molecular formula is C8H6FNO. The Bertz CT molecular complexity index is 296. The Morgan fingerprint density at radius 1 is 1.64 bits per heavy atom. The van der Waals surface area contributed by atoms with E-state index in [-0.39, 0.29) is 5.69 Å². The highest BCUT2D eigenvalue weighted by Gasteiger charge is 2.00. The average molecular weight is 151 g/mol. The number of carbonyl (C=O) groups is 1. The zero-order valence-electron chi connectivity index (χ0n) is 5.75. The molecule has 0 unspecified atom stereocenters. The molecule has 11 heavy (non-hydrogen) atoms. The van der Waals surface area contributed by atoms with E-state index in [0.29, 0.717) is 11.8 Å². The van der Waals surface area contributed by atoms with Crippen molar-refractivity contribution in [3.05, 3.63) is 35.9 Å². The standard InChI is InChI=1S/C8H6FNO/c1-2-6-3-7(9)8(5-11)10-4-6/h2-5H,1H2. The van der Waals surface area contributed by atoms with E-state index in [1.807, 2.05) is 0 Å². The monoisotopic (exact) mass is 151 g/mol. The first-order chi connectivity index (χ1) is 5.27. The maximum absolute atomic E-state index is 12.7. The van der Waals surface area contributed by atoms with Crippen LogP contribution in [-0.2, 0) is 0 Å². The average Bonchev–Trinajstić information content (AvgIpc) is 2.04. The second-order valence-corrected chi connectivity index (χ2v) is 1.96. The summed E-state index contributed by atoms with van der Waals surface area (Å²) in [5.41, 5.74) is 0.392. The molecule has 0 fully saturated rings. The van der Waals surface area contributed by atoms with E-state index in [9.17, 15) is 9.18 Å². The minimum Gasteiger partial charge on any atom is -0.296 e. The zero-order chi connectivity index (χ0) is 8.27. The summed E-state index contributed by atoms with van der Waals surface area (Å²) >= 11 is 0. The fourth-order valence-corrected chi connectivity index (χ4v) is 0.662. The van der Waals surface area contributed by atoms with Gasteiger partial charge in [0.05, 0.1) is 0 Å². The molecule has 2 nitrogen and oxygen atoms in total. The molecule has 0 bridgehead atoms. The van der Waals surface area contributed by atoms with Crippen molar-refractivity contribution in [3.63, 3.8) is 0 Å². The van der Waals surface area contributed by atoms with Crippen LogP contribution in [0.2, 0.25) is 0 Å². The maximum atomic E-state index is 12.7. The lowest BCUT2D eigenvalue weighted by Gasteiger charge is -1.94. The van der Waals surface area contributed by atoms with Crippen molar-refractivity contribution in [2.75, 3.05) is 0 Å². The molecule has 0 saturated heterocycles. The fourth-order valence-electron chi connectivity index (χ4n) is 0.662. The second-order valence-electron chi connectivity index (χ2n) is 1.96. The summed E-state index contributed by atoms with van der Waals surface area (Å²) in [4.78, 5) is 13.7. The second kappa shape index (κ2) is 3.05. The summed E-state index contributed by atoms with van der Waals surface area (Å²) in [5.74, 6) is -0.614. The molecule has 0 aliphatic heterocycles. The summed E-state index contributed by atoms with van der Waals surface area (Å²) in [7, 11) is 0. The topological polar surface area (TPSA) is 30.0 Å². The highest BCUT2D eigenvalue weighted by molar-refractivity contribution is 5.72. The molecular weight excluding hydrogens is 145 g/mol. The Morgan fingerprint density at radius 3 is 2.82 bits per heavy atom. The quantitative estimate of drug-likeness (QED) is 0.602. The number of nitrogens with zero attached hydrogens (tertiary/aromatic N) is 1. The van der Waals surface area contributed by atoms with Crippen LogP contribution in [0.1, 0.15) is 16.1 Å². The van der Waals surface area contributed by atoms with E-state index in [1.54, 1.807) is 0 Å². The number of halogens is 1. The first-order valence-corrected chi connectivity index (χ1v) is 3.01. The SMILES string of the molecule is C=Cc1cnc(C=O)c(F)c1. The van der Waals surface area contributed by atoms with Crippen molar-refractivity contribution in [1.29, 1.82) is 0 Å². The molecule has 56 valence electrons. The van der Waals surface area contributed by atoms with Crippen molar-refractivity contribution in [2.24, 2.45) is 0 Å². The highest BCUT2D eigenvalue weighted by atomic mass is 19.1. The van der Waals surface area contributed by atoms with Gasteiger partial charge < -0.3 is 0 Å². The molecule has 1 rings (SSSR count). The molecule has 0 N–H and O–H groups in total. The van der Waals surface area contributed by atoms with E-state index in [0.717, 1.165) is 0 Å². The van der Waals surface area contributed by atoms with Gasteiger partial charge in [0.1, 0.15) is 5.69 Å². The van der Waals surface area contributed by atoms with Gasteiger partial charge in [0.25, 0.3) is 0 Å². The van der Waals surface area contributed by atoms with E-state index in [4.69, 9.17) is 0 Å². The Balaban J connectivity index is 3.18. The van der Waals surface area contributed by atoms with Gasteiger partial charge in [-0.05, 0) is 11.6 Å². The van der Waals surface area contributed by atoms with Crippen molar-refractivity contribution < 1.29 is 9.18 Å². The van der Waals surface area contributed by atoms with Gasteiger partial charge in [-0.25, -0.2) is 9.37 Å². The van der Waals surface area contributed by atoms with Crippen LogP contribution in [0, 0.1) is 5.82 Å². The predicted octanol–water partition coefficient (Wildman–Crippen LogP) is 1.68. The van der Waals surface area contributed by atoms with Crippen molar-refractivity contribution >= 4 is 12.4 Å². The fraction of sp³-hybridized carbons (Fsp3) is 0. The summed E-state index contributed by atoms with van der Waals surface area (Å²) in [6.07, 6.45) is 3.23. The number of hydrogen-bond acceptors (Lipinski definition) is 2. The van der Waals surface area contributed by atoms with Crippen molar-refractivity contribution in [3.8, 4) is 0 Å². The summed E-state index contributed by atoms with van der Waals surface area (Å²) in [6.45, 7) is 3.43. The lowest BCUT2D eigenvalue weighted by atomic mass is 10.2. The van der Waals surface area contributed by atoms with Gasteiger partial charge in [-0.2, -0.15) is 0 Å². The molecule has 0 aliphatic carbocycles. The third kappa shape index (κ3) is 1.49. The van der Waals surface area contributed by atoms with Crippen LogP contribution in [0.25, 0.3) is 6.08 Å². The van der Waals surface area contributed by atoms with Crippen LogP contribution in [0.3, 0.4) is 0 Å². The number of carbonyl (C=O) groups excluding carboxylic acids is 1. The lowest BCUT2D eigenvalue weighted by molar-refractivity contribution is 0.111. The summed E-state index contributed by atoms with van der Waals surface area (Å²) in [5, 5.41) is 0. The smallest absolute Gasteiger partial charge is 0.171 e. The van der Waals surface area contributed by atoms with Crippen LogP contribution in [0.4, 0.5) is 4.39 Å². The van der Waals surface area contributed by atoms with E-state index >= 15 is 0 Å². The van der Waals surface area contributed by atoms with Gasteiger partial charge in [-0.1, -0.05) is 12.7 Å². The minimum atomic E-state index is -0.614. The molecule has 0 radical (unpaired) electrons. The summed E-state index contributed by atoms with van der Waals surface area (Å²) in [6, 6.07) is 1.21. The molecule has 0 atom stereocenters. The molecule has 0 amide bonds. The van der Waals surface area contributed by atoms with Crippen molar-refractivity contribution in [2.45, 2.75) is 0 Å². The van der Waals surface area contributed by atoms with Crippen LogP contribution < -0.4 is 0 Å². The van der Waals surface area contributed by atoms with Gasteiger partial charge in [-0.3, -0.25) is 4.79 Å². The highest BCUT2D eigenvalue weighted by Crippen LogP contribution is 2.05. The number of pyridine rings is 1. The van der Waals surface area contributed by atoms with Crippen molar-refractivity contribution in [1.82, 2.24) is 4.98 Å². The number of aldehydes is 1. The molecule has 0 saturated carbocycles. The molecule has 0 spiro atoms. The maximum Gasteiger partial charge on any atom is 0.171 e. The van der Waals surface area contributed by atoms with E-state index in [2.05, 4.69) is 11.6 Å². The first-order valence-electron chi connectivity index (χ1n) is 3.01. The van der Waals surface area contributed by atoms with Gasteiger partial charge in [0.15, 0.2) is 12.1 Å². The third-order valence-corrected chi connectivity index (χ3v) is 1.24. The molecule has 0 aromatic carbocycles. The molecule has 1 aromatic heterocycles. The minimum absolute atomic E-state index is 0.171. The molecule has 3 heteroatoms. The van der Waals surface area contributed by atoms with Crippen LogP contribution in [-0.4, -0.2) is 11.3 Å². The zero-order valence-corrected chi connectivity index (χ0v) is 5.75. The number of aromatic nitrogens is 1. The van der Waals surface area contributed by atoms with Gasteiger partial charge in [0.2, 0.25) is 0 Å². The summed E-state index contributed by atoms with van der Waals surface area (Å²) < 4.78 is 12.7. The molecule has 1 heterocycles. The van der Waals surface area contributed by atoms with Gasteiger partial charge >= 0.3 is 0 Å². The Hall–Kier alpha value is -1.51. The Labute approximate surface area is 63.4 Å². The van der Waals surface area contributed by atoms with Gasteiger partial charge in [-0.15, -0.1) is 0 Å². The first kappa shape index (κ1) is 7.60. The Morgan fingerprint density at radius 2 is 2.36 bits per heavy atom. The largest absolute Gasteiger partial charge is 0.296 e. The predicted molar refractivity (Wildman–Crippen MR) is 39.7 cm³/mol. The van der Waals surface area contributed by atoms with Crippen LogP contribution >= 0.6 is 0 Å². The van der Waals surface area contributed by atoms with Crippen LogP contribution in [0.15, 0.2) is 18.8 Å². The van der Waals surface area contributed by atoms with E-state index in [1.165, 1.54) is 18.3 Å². The van der Waals surface area contributed by atoms with E-state index < -0.39 is 5.82 Å². The third-order valence-electron chi connectivity index (χ3n) is 1.24. The molecule has 1 aromatic rings. The molecule has 0 aliphatic rings.